The molecule has 2 aromatic carbocycles. The Morgan fingerprint density at radius 3 is 2.27 bits per heavy atom. The number of carbonyl (C=O) groups excluding carboxylic acids is 3. The van der Waals surface area contributed by atoms with Gasteiger partial charge in [-0.15, -0.1) is 0 Å². The van der Waals surface area contributed by atoms with E-state index in [0.717, 1.165) is 12.1 Å². The Bertz CT molecular complexity index is 846. The quantitative estimate of drug-likeness (QED) is 0.677. The highest BCUT2D eigenvalue weighted by atomic mass is 35.5. The summed E-state index contributed by atoms with van der Waals surface area (Å²) in [6.45, 7) is 0.000333. The van der Waals surface area contributed by atoms with Gasteiger partial charge in [0.1, 0.15) is 5.82 Å². The van der Waals surface area contributed by atoms with Crippen molar-refractivity contribution in [2.24, 2.45) is 0 Å². The first kappa shape index (κ1) is 19.7. The molecular formula is C17H14Cl2FN3O3. The van der Waals surface area contributed by atoms with Crippen molar-refractivity contribution in [3.63, 3.8) is 0 Å². The monoisotopic (exact) mass is 397 g/mol. The predicted octanol–water partition coefficient (Wildman–Crippen LogP) is 2.71. The van der Waals surface area contributed by atoms with Gasteiger partial charge in [-0.05, 0) is 30.3 Å². The Balaban J connectivity index is 1.76. The molecule has 0 fully saturated rings. The molecule has 0 atom stereocenters. The summed E-state index contributed by atoms with van der Waals surface area (Å²) < 4.78 is 13.0. The fourth-order valence-corrected chi connectivity index (χ4v) is 2.43. The fraction of sp³-hybridized carbons (Fsp3) is 0.118. The molecule has 3 amide bonds. The first-order valence-electron chi connectivity index (χ1n) is 7.45. The molecule has 0 bridgehead atoms. The van der Waals surface area contributed by atoms with E-state index in [4.69, 9.17) is 23.2 Å². The number of benzene rings is 2. The van der Waals surface area contributed by atoms with Crippen molar-refractivity contribution in [3.8, 4) is 0 Å². The maximum absolute atomic E-state index is 13.0. The first-order valence-corrected chi connectivity index (χ1v) is 8.21. The van der Waals surface area contributed by atoms with E-state index < -0.39 is 23.5 Å². The average molecular weight is 398 g/mol. The standard InChI is InChI=1S/C17H14Cl2FN3O3/c18-13-4-2-1-3-11(13)17(26)23-22-15(24)7-8-21-16(25)12-6-5-10(20)9-14(12)19/h1-6,9H,7-8H2,(H,21,25)(H,22,24)(H,23,26). The van der Waals surface area contributed by atoms with Gasteiger partial charge in [-0.1, -0.05) is 35.3 Å². The SMILES string of the molecule is O=C(CCNC(=O)c1ccc(F)cc1Cl)NNC(=O)c1ccccc1Cl. The Hall–Kier alpha value is -2.64. The van der Waals surface area contributed by atoms with Gasteiger partial charge in [-0.25, -0.2) is 4.39 Å². The minimum atomic E-state index is -0.564. The third-order valence-electron chi connectivity index (χ3n) is 3.25. The summed E-state index contributed by atoms with van der Waals surface area (Å²) in [5, 5.41) is 2.70. The molecule has 0 aromatic heterocycles. The van der Waals surface area contributed by atoms with Gasteiger partial charge in [-0.3, -0.25) is 25.2 Å². The highest BCUT2D eigenvalue weighted by Gasteiger charge is 2.13. The molecule has 0 aliphatic carbocycles. The van der Waals surface area contributed by atoms with Crippen LogP contribution in [0.3, 0.4) is 0 Å². The van der Waals surface area contributed by atoms with Crippen molar-refractivity contribution in [1.29, 1.82) is 0 Å². The zero-order valence-corrected chi connectivity index (χ0v) is 14.8. The first-order chi connectivity index (χ1) is 12.4. The van der Waals surface area contributed by atoms with Crippen LogP contribution in [0.25, 0.3) is 0 Å². The second-order valence-corrected chi connectivity index (χ2v) is 5.93. The van der Waals surface area contributed by atoms with Crippen LogP contribution in [-0.4, -0.2) is 24.3 Å². The van der Waals surface area contributed by atoms with Gasteiger partial charge in [0.15, 0.2) is 0 Å². The molecule has 2 rings (SSSR count). The minimum Gasteiger partial charge on any atom is -0.351 e. The molecule has 0 aliphatic heterocycles. The summed E-state index contributed by atoms with van der Waals surface area (Å²) in [7, 11) is 0. The molecule has 0 saturated heterocycles. The van der Waals surface area contributed by atoms with E-state index in [1.807, 2.05) is 0 Å². The van der Waals surface area contributed by atoms with Gasteiger partial charge in [0.2, 0.25) is 5.91 Å². The molecule has 0 radical (unpaired) electrons. The van der Waals surface area contributed by atoms with Crippen molar-refractivity contribution < 1.29 is 18.8 Å². The van der Waals surface area contributed by atoms with Crippen molar-refractivity contribution in [3.05, 3.63) is 69.5 Å². The van der Waals surface area contributed by atoms with Crippen LogP contribution < -0.4 is 16.2 Å². The zero-order valence-electron chi connectivity index (χ0n) is 13.3. The number of hydrogen-bond acceptors (Lipinski definition) is 3. The number of halogens is 3. The van der Waals surface area contributed by atoms with Crippen molar-refractivity contribution in [2.75, 3.05) is 6.54 Å². The lowest BCUT2D eigenvalue weighted by Crippen LogP contribution is -2.42. The number of hydrogen-bond donors (Lipinski definition) is 3. The van der Waals surface area contributed by atoms with E-state index in [-0.39, 0.29) is 34.1 Å². The number of nitrogens with one attached hydrogen (secondary N) is 3. The summed E-state index contributed by atoms with van der Waals surface area (Å²) in [5.41, 5.74) is 4.76. The lowest BCUT2D eigenvalue weighted by atomic mass is 10.2. The summed E-state index contributed by atoms with van der Waals surface area (Å²) in [5.74, 6) is -2.18. The van der Waals surface area contributed by atoms with Crippen LogP contribution in [0.5, 0.6) is 0 Å². The van der Waals surface area contributed by atoms with E-state index in [0.29, 0.717) is 0 Å². The molecule has 0 saturated carbocycles. The largest absolute Gasteiger partial charge is 0.351 e. The Labute approximate surface area is 158 Å². The van der Waals surface area contributed by atoms with Gasteiger partial charge in [0.05, 0.1) is 21.2 Å². The molecule has 6 nitrogen and oxygen atoms in total. The number of amides is 3. The molecular weight excluding hydrogens is 384 g/mol. The van der Waals surface area contributed by atoms with E-state index in [9.17, 15) is 18.8 Å². The van der Waals surface area contributed by atoms with Crippen LogP contribution in [0.15, 0.2) is 42.5 Å². The summed E-state index contributed by atoms with van der Waals surface area (Å²) in [4.78, 5) is 35.5. The topological polar surface area (TPSA) is 87.3 Å². The summed E-state index contributed by atoms with van der Waals surface area (Å²) in [6, 6.07) is 9.75. The van der Waals surface area contributed by atoms with Gasteiger partial charge in [0.25, 0.3) is 11.8 Å². The molecule has 2 aromatic rings. The van der Waals surface area contributed by atoms with Gasteiger partial charge in [-0.2, -0.15) is 0 Å². The van der Waals surface area contributed by atoms with E-state index in [1.165, 1.54) is 12.1 Å². The van der Waals surface area contributed by atoms with Crippen LogP contribution in [0, 0.1) is 5.82 Å². The van der Waals surface area contributed by atoms with E-state index >= 15 is 0 Å². The smallest absolute Gasteiger partial charge is 0.271 e. The lowest BCUT2D eigenvalue weighted by Gasteiger charge is -2.09. The minimum absolute atomic E-state index is 0.000333. The highest BCUT2D eigenvalue weighted by Crippen LogP contribution is 2.17. The zero-order chi connectivity index (χ0) is 19.1. The van der Waals surface area contributed by atoms with Crippen LogP contribution in [0.2, 0.25) is 10.0 Å². The van der Waals surface area contributed by atoms with Gasteiger partial charge >= 0.3 is 0 Å². The van der Waals surface area contributed by atoms with Gasteiger partial charge < -0.3 is 5.32 Å². The maximum atomic E-state index is 13.0. The Kier molecular flexibility index (Phi) is 6.94. The van der Waals surface area contributed by atoms with Crippen LogP contribution in [0.1, 0.15) is 27.1 Å². The molecule has 3 N–H and O–H groups in total. The molecule has 26 heavy (non-hydrogen) atoms. The lowest BCUT2D eigenvalue weighted by molar-refractivity contribution is -0.121. The predicted molar refractivity (Wildman–Crippen MR) is 95.4 cm³/mol. The number of hydrazine groups is 1. The fourth-order valence-electron chi connectivity index (χ4n) is 1.96. The number of carbonyl (C=O) groups is 3. The average Bonchev–Trinajstić information content (AvgIpc) is 2.60. The highest BCUT2D eigenvalue weighted by molar-refractivity contribution is 6.34. The summed E-state index contributed by atoms with van der Waals surface area (Å²) >= 11 is 11.7. The second-order valence-electron chi connectivity index (χ2n) is 5.11. The molecule has 0 spiro atoms. The van der Waals surface area contributed by atoms with Crippen molar-refractivity contribution >= 4 is 40.9 Å². The van der Waals surface area contributed by atoms with Crippen LogP contribution in [-0.2, 0) is 4.79 Å². The number of rotatable bonds is 5. The Morgan fingerprint density at radius 1 is 0.885 bits per heavy atom. The summed E-state index contributed by atoms with van der Waals surface area (Å²) in [6.07, 6.45) is -0.0899. The van der Waals surface area contributed by atoms with Gasteiger partial charge in [0, 0.05) is 13.0 Å². The molecule has 0 heterocycles. The maximum Gasteiger partial charge on any atom is 0.271 e. The van der Waals surface area contributed by atoms with Crippen LogP contribution >= 0.6 is 23.2 Å². The Morgan fingerprint density at radius 2 is 1.58 bits per heavy atom. The molecule has 9 heteroatoms. The second kappa shape index (κ2) is 9.17. The third kappa shape index (κ3) is 5.44. The van der Waals surface area contributed by atoms with E-state index in [2.05, 4.69) is 16.2 Å². The van der Waals surface area contributed by atoms with Crippen molar-refractivity contribution in [1.82, 2.24) is 16.2 Å². The third-order valence-corrected chi connectivity index (χ3v) is 3.89. The van der Waals surface area contributed by atoms with Crippen molar-refractivity contribution in [2.45, 2.75) is 6.42 Å². The van der Waals surface area contributed by atoms with Crippen LogP contribution in [0.4, 0.5) is 4.39 Å². The molecule has 0 unspecified atom stereocenters. The van der Waals surface area contributed by atoms with E-state index in [1.54, 1.807) is 18.2 Å². The molecule has 136 valence electrons. The normalized spacial score (nSPS) is 10.1. The molecule has 0 aliphatic rings.